The summed E-state index contributed by atoms with van der Waals surface area (Å²) in [4.78, 5) is 0. The standard InChI is InChI=1S/C10H21N5O3S/c1-10(2,19(4,16)17)8-15-9(12-13-14-15)7-11-5-6-18-3/h11H,5-8H2,1-4H3. The van der Waals surface area contributed by atoms with E-state index in [1.807, 2.05) is 0 Å². The molecule has 9 heteroatoms. The average Bonchev–Trinajstić information content (AvgIpc) is 2.70. The molecule has 0 aromatic carbocycles. The Balaban J connectivity index is 2.68. The second-order valence-corrected chi connectivity index (χ2v) is 7.60. The summed E-state index contributed by atoms with van der Waals surface area (Å²) in [6.07, 6.45) is 1.22. The Morgan fingerprint density at radius 2 is 2.11 bits per heavy atom. The largest absolute Gasteiger partial charge is 0.383 e. The summed E-state index contributed by atoms with van der Waals surface area (Å²) < 4.78 is 28.9. The molecule has 0 saturated heterocycles. The van der Waals surface area contributed by atoms with Crippen LogP contribution in [0.1, 0.15) is 19.7 Å². The number of sulfone groups is 1. The van der Waals surface area contributed by atoms with Crippen molar-refractivity contribution in [2.45, 2.75) is 31.7 Å². The van der Waals surface area contributed by atoms with E-state index in [1.54, 1.807) is 21.0 Å². The van der Waals surface area contributed by atoms with Crippen LogP contribution in [0, 0.1) is 0 Å². The fourth-order valence-electron chi connectivity index (χ4n) is 1.32. The first-order chi connectivity index (χ1) is 8.78. The molecule has 1 N–H and O–H groups in total. The molecule has 1 aromatic rings. The molecule has 0 radical (unpaired) electrons. The molecule has 8 nitrogen and oxygen atoms in total. The van der Waals surface area contributed by atoms with Gasteiger partial charge in [-0.1, -0.05) is 0 Å². The van der Waals surface area contributed by atoms with Gasteiger partial charge in [-0.2, -0.15) is 0 Å². The lowest BCUT2D eigenvalue weighted by Crippen LogP contribution is -2.37. The van der Waals surface area contributed by atoms with Gasteiger partial charge in [0.05, 0.1) is 24.4 Å². The molecule has 0 fully saturated rings. The van der Waals surface area contributed by atoms with E-state index in [9.17, 15) is 8.42 Å². The van der Waals surface area contributed by atoms with E-state index in [1.165, 1.54) is 10.9 Å². The molecule has 1 heterocycles. The van der Waals surface area contributed by atoms with Gasteiger partial charge in [0.25, 0.3) is 0 Å². The first-order valence-electron chi connectivity index (χ1n) is 5.92. The number of nitrogens with one attached hydrogen (secondary N) is 1. The van der Waals surface area contributed by atoms with Crippen molar-refractivity contribution in [3.63, 3.8) is 0 Å². The fourth-order valence-corrected chi connectivity index (χ4v) is 1.68. The summed E-state index contributed by atoms with van der Waals surface area (Å²) in [5.74, 6) is 0.604. The maximum absolute atomic E-state index is 11.7. The van der Waals surface area contributed by atoms with E-state index in [2.05, 4.69) is 20.8 Å². The van der Waals surface area contributed by atoms with E-state index in [4.69, 9.17) is 4.74 Å². The van der Waals surface area contributed by atoms with Crippen LogP contribution >= 0.6 is 0 Å². The minimum atomic E-state index is -3.18. The molecular weight excluding hydrogens is 270 g/mol. The Morgan fingerprint density at radius 3 is 2.68 bits per heavy atom. The van der Waals surface area contributed by atoms with Crippen molar-refractivity contribution in [2.24, 2.45) is 0 Å². The smallest absolute Gasteiger partial charge is 0.165 e. The normalized spacial score (nSPS) is 12.8. The molecule has 0 aliphatic heterocycles. The van der Waals surface area contributed by atoms with E-state index in [-0.39, 0.29) is 6.54 Å². The molecule has 0 spiro atoms. The van der Waals surface area contributed by atoms with E-state index in [0.717, 1.165) is 0 Å². The molecule has 0 saturated carbocycles. The molecule has 0 aliphatic carbocycles. The average molecular weight is 291 g/mol. The Kier molecular flexibility index (Phi) is 5.39. The van der Waals surface area contributed by atoms with E-state index in [0.29, 0.717) is 25.5 Å². The highest BCUT2D eigenvalue weighted by Gasteiger charge is 2.32. The molecular formula is C10H21N5O3S. The summed E-state index contributed by atoms with van der Waals surface area (Å²) in [5.41, 5.74) is 0. The van der Waals surface area contributed by atoms with E-state index >= 15 is 0 Å². The quantitative estimate of drug-likeness (QED) is 0.628. The van der Waals surface area contributed by atoms with Gasteiger partial charge >= 0.3 is 0 Å². The van der Waals surface area contributed by atoms with Crippen molar-refractivity contribution < 1.29 is 13.2 Å². The number of ether oxygens (including phenoxy) is 1. The molecule has 0 atom stereocenters. The number of tetrazole rings is 1. The summed E-state index contributed by atoms with van der Waals surface area (Å²) in [6, 6.07) is 0. The van der Waals surface area contributed by atoms with Crippen LogP contribution in [0.2, 0.25) is 0 Å². The third-order valence-corrected chi connectivity index (χ3v) is 5.04. The molecule has 19 heavy (non-hydrogen) atoms. The van der Waals surface area contributed by atoms with Gasteiger partial charge in [0.1, 0.15) is 0 Å². The zero-order valence-electron chi connectivity index (χ0n) is 11.8. The van der Waals surface area contributed by atoms with Gasteiger partial charge in [0, 0.05) is 19.9 Å². The number of hydrogen-bond donors (Lipinski definition) is 1. The first-order valence-corrected chi connectivity index (χ1v) is 7.81. The monoisotopic (exact) mass is 291 g/mol. The van der Waals surface area contributed by atoms with Gasteiger partial charge in [-0.15, -0.1) is 5.10 Å². The van der Waals surface area contributed by atoms with Gasteiger partial charge in [-0.3, -0.25) is 0 Å². The van der Waals surface area contributed by atoms with Crippen LogP contribution in [0.5, 0.6) is 0 Å². The zero-order valence-corrected chi connectivity index (χ0v) is 12.6. The number of nitrogens with zero attached hydrogens (tertiary/aromatic N) is 4. The summed E-state index contributed by atoms with van der Waals surface area (Å²) in [6.45, 7) is 5.28. The Hall–Kier alpha value is -1.06. The topological polar surface area (TPSA) is 99.0 Å². The Bertz CT molecular complexity index is 497. The molecule has 1 rings (SSSR count). The van der Waals surface area contributed by atoms with Crippen LogP contribution in [0.3, 0.4) is 0 Å². The maximum atomic E-state index is 11.7. The fraction of sp³-hybridized carbons (Fsp3) is 0.900. The van der Waals surface area contributed by atoms with Crippen LogP contribution in [0.4, 0.5) is 0 Å². The van der Waals surface area contributed by atoms with Crippen molar-refractivity contribution in [2.75, 3.05) is 26.5 Å². The van der Waals surface area contributed by atoms with Gasteiger partial charge in [0.2, 0.25) is 0 Å². The first kappa shape index (κ1) is 16.0. The highest BCUT2D eigenvalue weighted by Crippen LogP contribution is 2.17. The molecule has 0 amide bonds. The third-order valence-electron chi connectivity index (χ3n) is 2.91. The van der Waals surface area contributed by atoms with Crippen LogP contribution in [-0.2, 0) is 27.7 Å². The van der Waals surface area contributed by atoms with Crippen LogP contribution < -0.4 is 5.32 Å². The Labute approximate surface area is 113 Å². The second kappa shape index (κ2) is 6.40. The number of methoxy groups -OCH3 is 1. The SMILES string of the molecule is COCCNCc1nnnn1CC(C)(C)S(C)(=O)=O. The van der Waals surface area contributed by atoms with Gasteiger partial charge in [-0.25, -0.2) is 13.1 Å². The van der Waals surface area contributed by atoms with Crippen molar-refractivity contribution in [1.29, 1.82) is 0 Å². The van der Waals surface area contributed by atoms with Crippen LogP contribution in [-0.4, -0.2) is 59.9 Å². The van der Waals surface area contributed by atoms with Gasteiger partial charge < -0.3 is 10.1 Å². The molecule has 0 unspecified atom stereocenters. The summed E-state index contributed by atoms with van der Waals surface area (Å²) >= 11 is 0. The number of rotatable bonds is 8. The van der Waals surface area contributed by atoms with Crippen LogP contribution in [0.15, 0.2) is 0 Å². The third kappa shape index (κ3) is 4.51. The van der Waals surface area contributed by atoms with Crippen LogP contribution in [0.25, 0.3) is 0 Å². The summed E-state index contributed by atoms with van der Waals surface area (Å²) in [5, 5.41) is 14.4. The Morgan fingerprint density at radius 1 is 1.42 bits per heavy atom. The minimum Gasteiger partial charge on any atom is -0.383 e. The van der Waals surface area contributed by atoms with Crippen molar-refractivity contribution >= 4 is 9.84 Å². The van der Waals surface area contributed by atoms with Crippen molar-refractivity contribution in [3.8, 4) is 0 Å². The van der Waals surface area contributed by atoms with Gasteiger partial charge in [0.15, 0.2) is 15.7 Å². The predicted octanol–water partition coefficient (Wildman–Crippen LogP) is -0.768. The lowest BCUT2D eigenvalue weighted by atomic mass is 10.2. The van der Waals surface area contributed by atoms with E-state index < -0.39 is 14.6 Å². The van der Waals surface area contributed by atoms with Crippen molar-refractivity contribution in [3.05, 3.63) is 5.82 Å². The van der Waals surface area contributed by atoms with Gasteiger partial charge in [-0.05, 0) is 24.3 Å². The number of aromatic nitrogens is 4. The summed E-state index contributed by atoms with van der Waals surface area (Å²) in [7, 11) is -1.56. The lowest BCUT2D eigenvalue weighted by molar-refractivity contribution is 0.198. The lowest BCUT2D eigenvalue weighted by Gasteiger charge is -2.22. The second-order valence-electron chi connectivity index (χ2n) is 4.95. The minimum absolute atomic E-state index is 0.222. The zero-order chi connectivity index (χ0) is 14.5. The molecule has 0 aliphatic rings. The molecule has 110 valence electrons. The molecule has 0 bridgehead atoms. The predicted molar refractivity (Wildman–Crippen MR) is 70.3 cm³/mol. The maximum Gasteiger partial charge on any atom is 0.165 e. The highest BCUT2D eigenvalue weighted by atomic mass is 32.2. The highest BCUT2D eigenvalue weighted by molar-refractivity contribution is 7.92. The van der Waals surface area contributed by atoms with Crippen molar-refractivity contribution in [1.82, 2.24) is 25.5 Å². The number of hydrogen-bond acceptors (Lipinski definition) is 7. The molecule has 1 aromatic heterocycles.